The first kappa shape index (κ1) is 29.2. The molecule has 38 heavy (non-hydrogen) atoms. The Hall–Kier alpha value is -3.33. The third-order valence-corrected chi connectivity index (χ3v) is 5.66. The van der Waals surface area contributed by atoms with E-state index in [-0.39, 0.29) is 6.07 Å². The highest BCUT2D eigenvalue weighted by Gasteiger charge is 2.60. The van der Waals surface area contributed by atoms with E-state index in [1.165, 1.54) is 0 Å². The van der Waals surface area contributed by atoms with E-state index in [0.29, 0.717) is 6.07 Å². The molecule has 1 aromatic heterocycles. The predicted molar refractivity (Wildman–Crippen MR) is 105 cm³/mol. The number of rotatable bonds is 4. The van der Waals surface area contributed by atoms with Crippen LogP contribution in [0.4, 0.5) is 52.7 Å². The van der Waals surface area contributed by atoms with Crippen LogP contribution in [0.15, 0.2) is 35.3 Å². The zero-order valence-electron chi connectivity index (χ0n) is 18.8. The molecular formula is C22H14F12N2O2. The minimum Gasteiger partial charge on any atom is -0.461 e. The van der Waals surface area contributed by atoms with Gasteiger partial charge in [-0.05, 0) is 23.8 Å². The summed E-state index contributed by atoms with van der Waals surface area (Å²) in [6, 6.07) is 1.51. The Morgan fingerprint density at radius 2 is 1.53 bits per heavy atom. The van der Waals surface area contributed by atoms with Gasteiger partial charge in [0.2, 0.25) is 0 Å². The minimum absolute atomic E-state index is 0.176. The van der Waals surface area contributed by atoms with Crippen LogP contribution in [0.1, 0.15) is 47.0 Å². The average molecular weight is 566 g/mol. The number of alkyl halides is 12. The van der Waals surface area contributed by atoms with Gasteiger partial charge >= 0.3 is 30.7 Å². The number of hydrogen-bond donors (Lipinski definition) is 0. The maximum absolute atomic E-state index is 14.3. The van der Waals surface area contributed by atoms with Crippen LogP contribution in [0.25, 0.3) is 0 Å². The fourth-order valence-corrected chi connectivity index (χ4v) is 3.74. The Morgan fingerprint density at radius 1 is 0.895 bits per heavy atom. The molecule has 1 aromatic carbocycles. The second kappa shape index (κ2) is 9.45. The lowest BCUT2D eigenvalue weighted by Crippen LogP contribution is -2.45. The van der Waals surface area contributed by atoms with E-state index in [2.05, 4.69) is 14.7 Å². The summed E-state index contributed by atoms with van der Waals surface area (Å²) in [5.74, 6) is -0.913. The first-order valence-electron chi connectivity index (χ1n) is 10.3. The zero-order chi connectivity index (χ0) is 28.9. The molecule has 0 spiro atoms. The van der Waals surface area contributed by atoms with Crippen molar-refractivity contribution in [2.24, 2.45) is 4.99 Å². The number of esters is 1. The van der Waals surface area contributed by atoms with Crippen LogP contribution >= 0.6 is 0 Å². The van der Waals surface area contributed by atoms with E-state index in [0.717, 1.165) is 19.1 Å². The van der Waals surface area contributed by atoms with E-state index >= 15 is 0 Å². The number of benzene rings is 1. The summed E-state index contributed by atoms with van der Waals surface area (Å²) in [6.07, 6.45) is -22.9. The molecule has 1 unspecified atom stereocenters. The third kappa shape index (κ3) is 5.88. The molecule has 0 N–H and O–H groups in total. The molecule has 0 saturated carbocycles. The maximum Gasteiger partial charge on any atom is 0.433 e. The molecule has 3 rings (SSSR count). The SMILES string of the molecule is CC(=O)OCc1ccc(C2=NCC(c3cc(C(F)(F)F)cc(C(F)(F)F)n3)(C(F)(F)F)C2)cc1C(F)(F)F. The number of ether oxygens (including phenoxy) is 1. The van der Waals surface area contributed by atoms with Gasteiger partial charge in [-0.15, -0.1) is 0 Å². The monoisotopic (exact) mass is 566 g/mol. The van der Waals surface area contributed by atoms with Crippen LogP contribution in [-0.4, -0.2) is 29.4 Å². The van der Waals surface area contributed by atoms with E-state index < -0.39 is 101 Å². The standard InChI is InChI=1S/C22H14F12N2O2/c1-10(37)38-8-12-3-2-11(4-14(12)20(26,27)28)15-7-18(9-35-15,22(32,33)34)16-5-13(19(23,24)25)6-17(36-16)21(29,30)31/h2-6H,7-9H2,1H3. The van der Waals surface area contributed by atoms with Crippen LogP contribution in [-0.2, 0) is 40.1 Å². The molecule has 1 aliphatic heterocycles. The highest BCUT2D eigenvalue weighted by Crippen LogP contribution is 2.49. The molecule has 16 heteroatoms. The van der Waals surface area contributed by atoms with Gasteiger partial charge in [0.15, 0.2) is 0 Å². The van der Waals surface area contributed by atoms with E-state index in [1.54, 1.807) is 0 Å². The Morgan fingerprint density at radius 3 is 2.03 bits per heavy atom. The summed E-state index contributed by atoms with van der Waals surface area (Å²) in [5.41, 5.74) is -12.5. The average Bonchev–Trinajstić information content (AvgIpc) is 3.22. The molecule has 2 aromatic rings. The Kier molecular flexibility index (Phi) is 7.27. The largest absolute Gasteiger partial charge is 0.461 e. The molecule has 1 atom stereocenters. The van der Waals surface area contributed by atoms with Gasteiger partial charge in [-0.3, -0.25) is 9.79 Å². The maximum atomic E-state index is 14.3. The van der Waals surface area contributed by atoms with Crippen molar-refractivity contribution in [2.75, 3.05) is 6.54 Å². The number of aromatic nitrogens is 1. The highest BCUT2D eigenvalue weighted by atomic mass is 19.4. The summed E-state index contributed by atoms with van der Waals surface area (Å²) in [4.78, 5) is 17.3. The first-order valence-corrected chi connectivity index (χ1v) is 10.3. The number of carbonyl (C=O) groups excluding carboxylic acids is 1. The summed E-state index contributed by atoms with van der Waals surface area (Å²) < 4.78 is 167. The minimum atomic E-state index is -5.54. The van der Waals surface area contributed by atoms with Crippen molar-refractivity contribution in [3.8, 4) is 0 Å². The number of nitrogens with zero attached hydrogens (tertiary/aromatic N) is 2. The molecular weight excluding hydrogens is 552 g/mol. The quantitative estimate of drug-likeness (QED) is 0.299. The second-order valence-electron chi connectivity index (χ2n) is 8.29. The fourth-order valence-electron chi connectivity index (χ4n) is 3.74. The second-order valence-corrected chi connectivity index (χ2v) is 8.29. The number of halogens is 12. The number of pyridine rings is 1. The van der Waals surface area contributed by atoms with Crippen molar-refractivity contribution in [3.05, 3.63) is 64.0 Å². The van der Waals surface area contributed by atoms with Gasteiger partial charge < -0.3 is 4.74 Å². The van der Waals surface area contributed by atoms with Gasteiger partial charge in [0, 0.05) is 24.6 Å². The van der Waals surface area contributed by atoms with E-state index in [9.17, 15) is 57.5 Å². The summed E-state index contributed by atoms with van der Waals surface area (Å²) in [5, 5.41) is 0. The van der Waals surface area contributed by atoms with E-state index in [1.807, 2.05) is 0 Å². The first-order chi connectivity index (χ1) is 17.1. The molecule has 0 aliphatic carbocycles. The third-order valence-electron chi connectivity index (χ3n) is 5.66. The molecule has 0 fully saturated rings. The van der Waals surface area contributed by atoms with Crippen molar-refractivity contribution in [1.29, 1.82) is 0 Å². The van der Waals surface area contributed by atoms with Crippen LogP contribution in [0, 0.1) is 0 Å². The van der Waals surface area contributed by atoms with Gasteiger partial charge in [0.05, 0.1) is 23.4 Å². The molecule has 208 valence electrons. The Bertz CT molecular complexity index is 1230. The topological polar surface area (TPSA) is 51.5 Å². The summed E-state index contributed by atoms with van der Waals surface area (Å²) in [6.45, 7) is -1.32. The Labute approximate surface area is 205 Å². The molecule has 0 radical (unpaired) electrons. The molecule has 4 nitrogen and oxygen atoms in total. The lowest BCUT2D eigenvalue weighted by molar-refractivity contribution is -0.186. The summed E-state index contributed by atoms with van der Waals surface area (Å²) >= 11 is 0. The number of aliphatic imine (C=N–C) groups is 1. The van der Waals surface area contributed by atoms with E-state index in [4.69, 9.17) is 0 Å². The van der Waals surface area contributed by atoms with Gasteiger partial charge in [-0.1, -0.05) is 12.1 Å². The zero-order valence-corrected chi connectivity index (χ0v) is 18.8. The molecule has 2 heterocycles. The molecule has 0 bridgehead atoms. The lowest BCUT2D eigenvalue weighted by Gasteiger charge is -2.31. The number of carbonyl (C=O) groups is 1. The van der Waals surface area contributed by atoms with Crippen molar-refractivity contribution in [2.45, 2.75) is 50.1 Å². The van der Waals surface area contributed by atoms with Crippen molar-refractivity contribution in [1.82, 2.24) is 4.98 Å². The fraction of sp³-hybridized carbons (Fsp3) is 0.409. The van der Waals surface area contributed by atoms with Crippen molar-refractivity contribution >= 4 is 11.7 Å². The van der Waals surface area contributed by atoms with Gasteiger partial charge in [0.1, 0.15) is 17.7 Å². The van der Waals surface area contributed by atoms with Crippen LogP contribution < -0.4 is 0 Å². The smallest absolute Gasteiger partial charge is 0.433 e. The molecule has 0 saturated heterocycles. The highest BCUT2D eigenvalue weighted by molar-refractivity contribution is 6.03. The van der Waals surface area contributed by atoms with Crippen LogP contribution in [0.3, 0.4) is 0 Å². The molecule has 0 amide bonds. The van der Waals surface area contributed by atoms with Crippen LogP contribution in [0.5, 0.6) is 0 Å². The predicted octanol–water partition coefficient (Wildman–Crippen LogP) is 6.89. The van der Waals surface area contributed by atoms with Crippen molar-refractivity contribution < 1.29 is 62.2 Å². The van der Waals surface area contributed by atoms with Crippen LogP contribution in [0.2, 0.25) is 0 Å². The van der Waals surface area contributed by atoms with Gasteiger partial charge in [-0.25, -0.2) is 4.98 Å². The Balaban J connectivity index is 2.12. The molecule has 1 aliphatic rings. The van der Waals surface area contributed by atoms with Crippen molar-refractivity contribution in [3.63, 3.8) is 0 Å². The number of hydrogen-bond acceptors (Lipinski definition) is 4. The normalized spacial score (nSPS) is 18.9. The lowest BCUT2D eigenvalue weighted by atomic mass is 9.78. The van der Waals surface area contributed by atoms with Gasteiger partial charge in [0.25, 0.3) is 0 Å². The van der Waals surface area contributed by atoms with Gasteiger partial charge in [-0.2, -0.15) is 52.7 Å². The summed E-state index contributed by atoms with van der Waals surface area (Å²) in [7, 11) is 0.